The molecular weight excluding hydrogens is 246 g/mol. The first-order valence-corrected chi connectivity index (χ1v) is 7.06. The number of hydrogen-bond acceptors (Lipinski definition) is 2. The first kappa shape index (κ1) is 13.9. The smallest absolute Gasteiger partial charge is 0.0866 e. The molecule has 3 heteroatoms. The Balaban J connectivity index is 2.08. The van der Waals surface area contributed by atoms with Crippen LogP contribution in [0.25, 0.3) is 0 Å². The molecule has 2 rings (SSSR count). The number of nitrogens with one attached hydrogen (secondary N) is 1. The Morgan fingerprint density at radius 1 is 1.44 bits per heavy atom. The van der Waals surface area contributed by atoms with Crippen LogP contribution in [-0.4, -0.2) is 19.2 Å². The second-order valence-electron chi connectivity index (χ2n) is 5.41. The van der Waals surface area contributed by atoms with E-state index in [1.165, 1.54) is 5.56 Å². The molecule has 1 aliphatic rings. The highest BCUT2D eigenvalue weighted by molar-refractivity contribution is 6.31. The summed E-state index contributed by atoms with van der Waals surface area (Å²) in [6, 6.07) is 6.79. The van der Waals surface area contributed by atoms with Gasteiger partial charge in [0, 0.05) is 30.1 Å². The second kappa shape index (κ2) is 6.05. The zero-order valence-electron chi connectivity index (χ0n) is 11.4. The molecule has 0 bridgehead atoms. The quantitative estimate of drug-likeness (QED) is 0.898. The third kappa shape index (κ3) is 3.25. The van der Waals surface area contributed by atoms with Gasteiger partial charge < -0.3 is 10.1 Å². The van der Waals surface area contributed by atoms with Crippen molar-refractivity contribution in [3.63, 3.8) is 0 Å². The van der Waals surface area contributed by atoms with Gasteiger partial charge in [-0.1, -0.05) is 37.6 Å². The van der Waals surface area contributed by atoms with Gasteiger partial charge in [0.05, 0.1) is 6.10 Å². The van der Waals surface area contributed by atoms with Gasteiger partial charge in [0.15, 0.2) is 0 Å². The van der Waals surface area contributed by atoms with Crippen LogP contribution in [0, 0.1) is 12.8 Å². The highest BCUT2D eigenvalue weighted by Crippen LogP contribution is 2.35. The van der Waals surface area contributed by atoms with E-state index in [0.29, 0.717) is 12.0 Å². The number of ether oxygens (including phenoxy) is 1. The summed E-state index contributed by atoms with van der Waals surface area (Å²) >= 11 is 6.20. The molecule has 0 amide bonds. The van der Waals surface area contributed by atoms with E-state index >= 15 is 0 Å². The van der Waals surface area contributed by atoms with Crippen molar-refractivity contribution in [3.8, 4) is 0 Å². The third-order valence-electron chi connectivity index (χ3n) is 3.53. The summed E-state index contributed by atoms with van der Waals surface area (Å²) in [6.45, 7) is 8.23. The maximum absolute atomic E-state index is 6.20. The molecule has 2 nitrogen and oxygen atoms in total. The summed E-state index contributed by atoms with van der Waals surface area (Å²) in [5.41, 5.74) is 2.33. The summed E-state index contributed by atoms with van der Waals surface area (Å²) in [5, 5.41) is 4.33. The third-order valence-corrected chi connectivity index (χ3v) is 3.93. The lowest BCUT2D eigenvalue weighted by Gasteiger charge is -2.21. The predicted octanol–water partition coefficient (Wildman–Crippen LogP) is 3.72. The summed E-state index contributed by atoms with van der Waals surface area (Å²) in [5.74, 6) is 0.547. The molecule has 18 heavy (non-hydrogen) atoms. The van der Waals surface area contributed by atoms with Crippen LogP contribution >= 0.6 is 11.6 Å². The van der Waals surface area contributed by atoms with Gasteiger partial charge in [0.25, 0.3) is 0 Å². The average Bonchev–Trinajstić information content (AvgIpc) is 2.78. The molecule has 1 N–H and O–H groups in total. The molecule has 0 aliphatic carbocycles. The minimum atomic E-state index is 0.189. The van der Waals surface area contributed by atoms with Crippen LogP contribution in [0.15, 0.2) is 18.2 Å². The van der Waals surface area contributed by atoms with Crippen molar-refractivity contribution in [1.29, 1.82) is 0 Å². The van der Waals surface area contributed by atoms with E-state index in [1.807, 2.05) is 6.92 Å². The van der Waals surface area contributed by atoms with Crippen LogP contribution in [0.3, 0.4) is 0 Å². The summed E-state index contributed by atoms with van der Waals surface area (Å²) in [4.78, 5) is 0. The Morgan fingerprint density at radius 3 is 2.89 bits per heavy atom. The topological polar surface area (TPSA) is 21.3 Å². The number of aryl methyl sites for hydroxylation is 1. The van der Waals surface area contributed by atoms with Gasteiger partial charge in [0.2, 0.25) is 0 Å². The zero-order valence-corrected chi connectivity index (χ0v) is 12.1. The minimum Gasteiger partial charge on any atom is -0.373 e. The molecule has 0 spiro atoms. The van der Waals surface area contributed by atoms with Crippen LogP contribution in [-0.2, 0) is 4.74 Å². The Kier molecular flexibility index (Phi) is 4.66. The molecule has 100 valence electrons. The van der Waals surface area contributed by atoms with Gasteiger partial charge in [-0.2, -0.15) is 0 Å². The Labute approximate surface area is 115 Å². The number of rotatable bonds is 4. The molecule has 2 unspecified atom stereocenters. The van der Waals surface area contributed by atoms with Crippen LogP contribution in [0.5, 0.6) is 0 Å². The van der Waals surface area contributed by atoms with Crippen LogP contribution < -0.4 is 5.32 Å². The monoisotopic (exact) mass is 267 g/mol. The average molecular weight is 268 g/mol. The molecule has 1 saturated heterocycles. The predicted molar refractivity (Wildman–Crippen MR) is 76.1 cm³/mol. The van der Waals surface area contributed by atoms with Crippen LogP contribution in [0.1, 0.15) is 37.5 Å². The molecule has 2 atom stereocenters. The molecule has 0 aromatic heterocycles. The summed E-state index contributed by atoms with van der Waals surface area (Å²) in [7, 11) is 0. The first-order valence-electron chi connectivity index (χ1n) is 6.69. The largest absolute Gasteiger partial charge is 0.373 e. The van der Waals surface area contributed by atoms with E-state index in [0.717, 1.165) is 30.2 Å². The van der Waals surface area contributed by atoms with Gasteiger partial charge >= 0.3 is 0 Å². The highest BCUT2D eigenvalue weighted by Gasteiger charge is 2.29. The molecule has 1 aliphatic heterocycles. The molecule has 1 aromatic carbocycles. The fraction of sp³-hybridized carbons (Fsp3) is 0.600. The minimum absolute atomic E-state index is 0.189. The number of benzene rings is 1. The van der Waals surface area contributed by atoms with Crippen LogP contribution in [0.2, 0.25) is 5.02 Å². The molecule has 1 heterocycles. The van der Waals surface area contributed by atoms with Gasteiger partial charge in [-0.3, -0.25) is 0 Å². The fourth-order valence-electron chi connectivity index (χ4n) is 2.38. The van der Waals surface area contributed by atoms with Gasteiger partial charge in [0.1, 0.15) is 0 Å². The lowest BCUT2D eigenvalue weighted by atomic mass is 9.94. The van der Waals surface area contributed by atoms with E-state index in [4.69, 9.17) is 16.3 Å². The molecule has 1 fully saturated rings. The standard InChI is InChI=1S/C15H22ClNO/c1-10(2)17-9-13-6-7-18-15(13)12-5-4-11(3)14(16)8-12/h4-5,8,10,13,15,17H,6-7,9H2,1-3H3. The number of halogens is 1. The van der Waals surface area contributed by atoms with Crippen molar-refractivity contribution in [2.45, 2.75) is 39.3 Å². The Morgan fingerprint density at radius 2 is 2.22 bits per heavy atom. The van der Waals surface area contributed by atoms with Crippen molar-refractivity contribution in [1.82, 2.24) is 5.32 Å². The SMILES string of the molecule is Cc1ccc(C2OCCC2CNC(C)C)cc1Cl. The van der Waals surface area contributed by atoms with E-state index in [1.54, 1.807) is 0 Å². The molecular formula is C15H22ClNO. The van der Waals surface area contributed by atoms with Gasteiger partial charge in [-0.15, -0.1) is 0 Å². The van der Waals surface area contributed by atoms with Gasteiger partial charge in [-0.25, -0.2) is 0 Å². The maximum atomic E-state index is 6.20. The Hall–Kier alpha value is -0.570. The number of hydrogen-bond donors (Lipinski definition) is 1. The summed E-state index contributed by atoms with van der Waals surface area (Å²) in [6.07, 6.45) is 1.31. The van der Waals surface area contributed by atoms with Crippen LogP contribution in [0.4, 0.5) is 0 Å². The highest BCUT2D eigenvalue weighted by atomic mass is 35.5. The first-order chi connectivity index (χ1) is 8.58. The lowest BCUT2D eigenvalue weighted by molar-refractivity contribution is 0.0901. The molecule has 0 radical (unpaired) electrons. The van der Waals surface area contributed by atoms with Crippen molar-refractivity contribution >= 4 is 11.6 Å². The van der Waals surface area contributed by atoms with E-state index in [9.17, 15) is 0 Å². The van der Waals surface area contributed by atoms with E-state index in [2.05, 4.69) is 37.4 Å². The van der Waals surface area contributed by atoms with Crippen molar-refractivity contribution < 1.29 is 4.74 Å². The van der Waals surface area contributed by atoms with E-state index in [-0.39, 0.29) is 6.10 Å². The molecule has 1 aromatic rings. The second-order valence-corrected chi connectivity index (χ2v) is 5.82. The Bertz CT molecular complexity index is 405. The normalized spacial score (nSPS) is 23.8. The van der Waals surface area contributed by atoms with Crippen molar-refractivity contribution in [2.75, 3.05) is 13.2 Å². The maximum Gasteiger partial charge on any atom is 0.0866 e. The van der Waals surface area contributed by atoms with Gasteiger partial charge in [-0.05, 0) is 30.5 Å². The zero-order chi connectivity index (χ0) is 13.1. The van der Waals surface area contributed by atoms with E-state index < -0.39 is 0 Å². The van der Waals surface area contributed by atoms with Crippen molar-refractivity contribution in [3.05, 3.63) is 34.3 Å². The lowest BCUT2D eigenvalue weighted by Crippen LogP contribution is -2.30. The fourth-order valence-corrected chi connectivity index (χ4v) is 2.57. The molecule has 0 saturated carbocycles. The van der Waals surface area contributed by atoms with Crippen molar-refractivity contribution in [2.24, 2.45) is 5.92 Å². The summed E-state index contributed by atoms with van der Waals surface area (Å²) < 4.78 is 5.88.